The van der Waals surface area contributed by atoms with Crippen LogP contribution < -0.4 is 10.6 Å². The SMILES string of the molecule is N#CC(NC(=O)CNC(=O)c1ccc(-c2ccccc2)cc1)C1CC1. The van der Waals surface area contributed by atoms with Crippen molar-refractivity contribution >= 4 is 11.8 Å². The van der Waals surface area contributed by atoms with Gasteiger partial charge in [0, 0.05) is 5.56 Å². The van der Waals surface area contributed by atoms with Gasteiger partial charge >= 0.3 is 0 Å². The van der Waals surface area contributed by atoms with Gasteiger partial charge in [0.1, 0.15) is 6.04 Å². The second kappa shape index (κ2) is 7.63. The van der Waals surface area contributed by atoms with Crippen LogP contribution in [0.15, 0.2) is 54.6 Å². The Morgan fingerprint density at radius 1 is 1.04 bits per heavy atom. The molecule has 0 spiro atoms. The zero-order valence-corrected chi connectivity index (χ0v) is 13.7. The minimum absolute atomic E-state index is 0.135. The van der Waals surface area contributed by atoms with Gasteiger partial charge < -0.3 is 10.6 Å². The van der Waals surface area contributed by atoms with E-state index in [0.717, 1.165) is 24.0 Å². The second-order valence-electron chi connectivity index (χ2n) is 6.14. The third-order valence-electron chi connectivity index (χ3n) is 4.21. The highest BCUT2D eigenvalue weighted by Crippen LogP contribution is 2.32. The topological polar surface area (TPSA) is 82.0 Å². The number of hydrogen-bond donors (Lipinski definition) is 2. The van der Waals surface area contributed by atoms with E-state index in [1.54, 1.807) is 12.1 Å². The Balaban J connectivity index is 1.53. The Morgan fingerprint density at radius 2 is 1.68 bits per heavy atom. The summed E-state index contributed by atoms with van der Waals surface area (Å²) in [6.45, 7) is -0.135. The van der Waals surface area contributed by atoms with Crippen LogP contribution in [0.2, 0.25) is 0 Å². The van der Waals surface area contributed by atoms with E-state index >= 15 is 0 Å². The van der Waals surface area contributed by atoms with Crippen molar-refractivity contribution in [1.82, 2.24) is 10.6 Å². The molecule has 25 heavy (non-hydrogen) atoms. The number of hydrogen-bond acceptors (Lipinski definition) is 3. The number of nitrogens with one attached hydrogen (secondary N) is 2. The van der Waals surface area contributed by atoms with Crippen molar-refractivity contribution in [2.24, 2.45) is 5.92 Å². The molecule has 0 heterocycles. The molecule has 0 aliphatic heterocycles. The minimum atomic E-state index is -0.449. The highest BCUT2D eigenvalue weighted by molar-refractivity contribution is 5.96. The summed E-state index contributed by atoms with van der Waals surface area (Å²) in [5.41, 5.74) is 2.60. The quantitative estimate of drug-likeness (QED) is 0.852. The smallest absolute Gasteiger partial charge is 0.251 e. The summed E-state index contributed by atoms with van der Waals surface area (Å²) in [5, 5.41) is 14.2. The Labute approximate surface area is 146 Å². The summed E-state index contributed by atoms with van der Waals surface area (Å²) in [7, 11) is 0. The maximum absolute atomic E-state index is 12.1. The number of rotatable bonds is 6. The van der Waals surface area contributed by atoms with Gasteiger partial charge in [-0.15, -0.1) is 0 Å². The van der Waals surface area contributed by atoms with Crippen LogP contribution in [0.1, 0.15) is 23.2 Å². The van der Waals surface area contributed by atoms with Gasteiger partial charge in [0.25, 0.3) is 5.91 Å². The standard InChI is InChI=1S/C20H19N3O2/c21-12-18(16-8-9-16)23-19(24)13-22-20(25)17-10-6-15(7-11-17)14-4-2-1-3-5-14/h1-7,10-11,16,18H,8-9,13H2,(H,22,25)(H,23,24). The molecular formula is C20H19N3O2. The van der Waals surface area contributed by atoms with Crippen LogP contribution in [0, 0.1) is 17.2 Å². The summed E-state index contributed by atoms with van der Waals surface area (Å²) in [4.78, 5) is 24.0. The van der Waals surface area contributed by atoms with Crippen LogP contribution in [0.25, 0.3) is 11.1 Å². The van der Waals surface area contributed by atoms with Crippen LogP contribution in [-0.4, -0.2) is 24.4 Å². The van der Waals surface area contributed by atoms with Crippen molar-refractivity contribution < 1.29 is 9.59 Å². The number of amides is 2. The Hall–Kier alpha value is -3.13. The molecule has 0 saturated heterocycles. The normalized spacial score (nSPS) is 14.2. The van der Waals surface area contributed by atoms with Gasteiger partial charge in [-0.2, -0.15) is 5.26 Å². The molecule has 0 radical (unpaired) electrons. The number of carbonyl (C=O) groups is 2. The fourth-order valence-electron chi connectivity index (χ4n) is 2.62. The van der Waals surface area contributed by atoms with Crippen molar-refractivity contribution in [2.45, 2.75) is 18.9 Å². The Morgan fingerprint density at radius 3 is 2.28 bits per heavy atom. The van der Waals surface area contributed by atoms with Crippen LogP contribution in [0.3, 0.4) is 0 Å². The summed E-state index contributed by atoms with van der Waals surface area (Å²) in [5.74, 6) is -0.391. The summed E-state index contributed by atoms with van der Waals surface area (Å²) >= 11 is 0. The number of benzene rings is 2. The zero-order chi connectivity index (χ0) is 17.6. The van der Waals surface area contributed by atoms with Crippen molar-refractivity contribution in [3.63, 3.8) is 0 Å². The van der Waals surface area contributed by atoms with E-state index in [4.69, 9.17) is 5.26 Å². The van der Waals surface area contributed by atoms with Crippen molar-refractivity contribution in [1.29, 1.82) is 5.26 Å². The van der Waals surface area contributed by atoms with Crippen molar-refractivity contribution in [2.75, 3.05) is 6.54 Å². The molecule has 5 nitrogen and oxygen atoms in total. The molecule has 5 heteroatoms. The predicted molar refractivity (Wildman–Crippen MR) is 94.5 cm³/mol. The van der Waals surface area contributed by atoms with Crippen LogP contribution in [0.4, 0.5) is 0 Å². The lowest BCUT2D eigenvalue weighted by molar-refractivity contribution is -0.120. The molecular weight excluding hydrogens is 314 g/mol. The summed E-state index contributed by atoms with van der Waals surface area (Å²) in [6, 6.07) is 18.8. The molecule has 1 unspecified atom stereocenters. The molecule has 2 amide bonds. The van der Waals surface area contributed by atoms with Gasteiger partial charge in [-0.1, -0.05) is 42.5 Å². The van der Waals surface area contributed by atoms with E-state index in [2.05, 4.69) is 16.7 Å². The average Bonchev–Trinajstić information content (AvgIpc) is 3.50. The largest absolute Gasteiger partial charge is 0.343 e. The van der Waals surface area contributed by atoms with Gasteiger partial charge in [0.15, 0.2) is 0 Å². The van der Waals surface area contributed by atoms with Crippen molar-refractivity contribution in [3.8, 4) is 17.2 Å². The Bertz CT molecular complexity index is 790. The molecule has 2 aromatic rings. The molecule has 3 rings (SSSR count). The lowest BCUT2D eigenvalue weighted by Gasteiger charge is -2.11. The van der Waals surface area contributed by atoms with Crippen molar-refractivity contribution in [3.05, 3.63) is 60.2 Å². The predicted octanol–water partition coefficient (Wildman–Crippen LogP) is 2.50. The molecule has 1 aliphatic carbocycles. The van der Waals surface area contributed by atoms with Gasteiger partial charge in [0.05, 0.1) is 12.6 Å². The molecule has 0 aromatic heterocycles. The van der Waals surface area contributed by atoms with Gasteiger partial charge in [0.2, 0.25) is 5.91 Å². The van der Waals surface area contributed by atoms with E-state index < -0.39 is 6.04 Å². The highest BCUT2D eigenvalue weighted by Gasteiger charge is 2.32. The second-order valence-corrected chi connectivity index (χ2v) is 6.14. The van der Waals surface area contributed by atoms with E-state index in [0.29, 0.717) is 5.56 Å². The first-order valence-corrected chi connectivity index (χ1v) is 8.30. The van der Waals surface area contributed by atoms with Gasteiger partial charge in [-0.25, -0.2) is 0 Å². The first kappa shape index (κ1) is 16.7. The van der Waals surface area contributed by atoms with E-state index in [9.17, 15) is 9.59 Å². The lowest BCUT2D eigenvalue weighted by Crippen LogP contribution is -2.42. The Kier molecular flexibility index (Phi) is 5.10. The maximum Gasteiger partial charge on any atom is 0.251 e. The fourth-order valence-corrected chi connectivity index (χ4v) is 2.62. The number of nitrogens with zero attached hydrogens (tertiary/aromatic N) is 1. The fraction of sp³-hybridized carbons (Fsp3) is 0.250. The third-order valence-corrected chi connectivity index (χ3v) is 4.21. The molecule has 1 fully saturated rings. The molecule has 1 aliphatic rings. The summed E-state index contributed by atoms with van der Waals surface area (Å²) < 4.78 is 0. The van der Waals surface area contributed by atoms with Crippen LogP contribution >= 0.6 is 0 Å². The van der Waals surface area contributed by atoms with Gasteiger partial charge in [-0.05, 0) is 42.0 Å². The molecule has 2 N–H and O–H groups in total. The third kappa shape index (κ3) is 4.45. The molecule has 0 bridgehead atoms. The molecule has 126 valence electrons. The van der Waals surface area contributed by atoms with E-state index in [-0.39, 0.29) is 24.3 Å². The van der Waals surface area contributed by atoms with Gasteiger partial charge in [-0.3, -0.25) is 9.59 Å². The van der Waals surface area contributed by atoms with E-state index in [1.807, 2.05) is 42.5 Å². The average molecular weight is 333 g/mol. The molecule has 2 aromatic carbocycles. The number of carbonyl (C=O) groups excluding carboxylic acids is 2. The van der Waals surface area contributed by atoms with Crippen LogP contribution in [-0.2, 0) is 4.79 Å². The highest BCUT2D eigenvalue weighted by atomic mass is 16.2. The lowest BCUT2D eigenvalue weighted by atomic mass is 10.0. The number of nitriles is 1. The zero-order valence-electron chi connectivity index (χ0n) is 13.7. The molecule has 1 saturated carbocycles. The monoisotopic (exact) mass is 333 g/mol. The first-order valence-electron chi connectivity index (χ1n) is 8.30. The minimum Gasteiger partial charge on any atom is -0.343 e. The van der Waals surface area contributed by atoms with E-state index in [1.165, 1.54) is 0 Å². The molecule has 1 atom stereocenters. The first-order chi connectivity index (χ1) is 12.2. The van der Waals surface area contributed by atoms with Crippen LogP contribution in [0.5, 0.6) is 0 Å². The summed E-state index contributed by atoms with van der Waals surface area (Å²) in [6.07, 6.45) is 1.94. The maximum atomic E-state index is 12.1.